The summed E-state index contributed by atoms with van der Waals surface area (Å²) in [5.41, 5.74) is 1.11. The highest BCUT2D eigenvalue weighted by molar-refractivity contribution is 5.81. The highest BCUT2D eigenvalue weighted by Gasteiger charge is 2.13. The van der Waals surface area contributed by atoms with Crippen LogP contribution in [0.3, 0.4) is 0 Å². The van der Waals surface area contributed by atoms with Crippen molar-refractivity contribution in [1.82, 2.24) is 0 Å². The van der Waals surface area contributed by atoms with Crippen LogP contribution in [0.15, 0.2) is 24.3 Å². The number of carbonyl (C=O) groups is 1. The smallest absolute Gasteiger partial charge is 0.330 e. The SMILES string of the molecule is C=CC(=O)OC(CCCC)/C(C)=C/C. The van der Waals surface area contributed by atoms with E-state index in [0.29, 0.717) is 0 Å². The Kier molecular flexibility index (Phi) is 6.81. The van der Waals surface area contributed by atoms with Gasteiger partial charge < -0.3 is 4.74 Å². The number of allylic oxidation sites excluding steroid dienone is 1. The molecule has 1 unspecified atom stereocenters. The van der Waals surface area contributed by atoms with Gasteiger partial charge in [-0.1, -0.05) is 26.0 Å². The first-order chi connectivity index (χ1) is 6.65. The normalized spacial score (nSPS) is 13.5. The van der Waals surface area contributed by atoms with Crippen molar-refractivity contribution in [3.05, 3.63) is 24.3 Å². The summed E-state index contributed by atoms with van der Waals surface area (Å²) in [5.74, 6) is -0.340. The lowest BCUT2D eigenvalue weighted by Crippen LogP contribution is -2.18. The first-order valence-electron chi connectivity index (χ1n) is 5.11. The standard InChI is InChI=1S/C12H20O2/c1-5-8-9-11(10(4)6-2)14-12(13)7-3/h6-7,11H,3,5,8-9H2,1-2,4H3/b10-6+. The second kappa shape index (κ2) is 7.36. The van der Waals surface area contributed by atoms with E-state index in [1.807, 2.05) is 19.9 Å². The Bertz CT molecular complexity index is 216. The van der Waals surface area contributed by atoms with Gasteiger partial charge in [0, 0.05) is 6.08 Å². The maximum Gasteiger partial charge on any atom is 0.330 e. The van der Waals surface area contributed by atoms with Crippen molar-refractivity contribution in [3.63, 3.8) is 0 Å². The number of rotatable bonds is 6. The van der Waals surface area contributed by atoms with E-state index >= 15 is 0 Å². The first kappa shape index (κ1) is 12.9. The molecular formula is C12H20O2. The second-order valence-corrected chi connectivity index (χ2v) is 3.30. The van der Waals surface area contributed by atoms with Crippen molar-refractivity contribution in [3.8, 4) is 0 Å². The van der Waals surface area contributed by atoms with E-state index in [-0.39, 0.29) is 12.1 Å². The molecule has 0 aliphatic heterocycles. The molecule has 0 rings (SSSR count). The molecule has 14 heavy (non-hydrogen) atoms. The van der Waals surface area contributed by atoms with E-state index in [9.17, 15) is 4.79 Å². The van der Waals surface area contributed by atoms with E-state index in [4.69, 9.17) is 4.74 Å². The molecule has 0 saturated heterocycles. The van der Waals surface area contributed by atoms with Gasteiger partial charge in [0.2, 0.25) is 0 Å². The Morgan fingerprint density at radius 3 is 2.64 bits per heavy atom. The fourth-order valence-electron chi connectivity index (χ4n) is 1.14. The average Bonchev–Trinajstić information content (AvgIpc) is 2.22. The molecule has 0 aromatic carbocycles. The lowest BCUT2D eigenvalue weighted by molar-refractivity contribution is -0.141. The molecule has 2 heteroatoms. The molecule has 1 atom stereocenters. The number of esters is 1. The van der Waals surface area contributed by atoms with Crippen molar-refractivity contribution in [2.24, 2.45) is 0 Å². The van der Waals surface area contributed by atoms with Gasteiger partial charge in [0.1, 0.15) is 6.10 Å². The number of unbranched alkanes of at least 4 members (excludes halogenated alkanes) is 1. The molecule has 0 aliphatic rings. The third-order valence-electron chi connectivity index (χ3n) is 2.21. The largest absolute Gasteiger partial charge is 0.455 e. The molecular weight excluding hydrogens is 176 g/mol. The Balaban J connectivity index is 4.24. The van der Waals surface area contributed by atoms with Crippen LogP contribution in [0.25, 0.3) is 0 Å². The third-order valence-corrected chi connectivity index (χ3v) is 2.21. The Morgan fingerprint density at radius 1 is 1.57 bits per heavy atom. The highest BCUT2D eigenvalue weighted by atomic mass is 16.5. The molecule has 80 valence electrons. The molecule has 0 heterocycles. The van der Waals surface area contributed by atoms with E-state index in [2.05, 4.69) is 13.5 Å². The van der Waals surface area contributed by atoms with Gasteiger partial charge in [0.05, 0.1) is 0 Å². The van der Waals surface area contributed by atoms with Gasteiger partial charge in [-0.15, -0.1) is 0 Å². The maximum atomic E-state index is 11.0. The fraction of sp³-hybridized carbons (Fsp3) is 0.583. The molecule has 2 nitrogen and oxygen atoms in total. The van der Waals surface area contributed by atoms with Crippen LogP contribution < -0.4 is 0 Å². The number of ether oxygens (including phenoxy) is 1. The van der Waals surface area contributed by atoms with Crippen molar-refractivity contribution in [1.29, 1.82) is 0 Å². The van der Waals surface area contributed by atoms with Crippen molar-refractivity contribution >= 4 is 5.97 Å². The number of hydrogen-bond donors (Lipinski definition) is 0. The van der Waals surface area contributed by atoms with E-state index < -0.39 is 0 Å². The minimum atomic E-state index is -0.340. The van der Waals surface area contributed by atoms with Gasteiger partial charge >= 0.3 is 5.97 Å². The summed E-state index contributed by atoms with van der Waals surface area (Å²) in [6, 6.07) is 0. The maximum absolute atomic E-state index is 11.0. The molecule has 0 radical (unpaired) electrons. The number of carbonyl (C=O) groups excluding carboxylic acids is 1. The molecule has 0 amide bonds. The van der Waals surface area contributed by atoms with Gasteiger partial charge in [-0.2, -0.15) is 0 Å². The third kappa shape index (κ3) is 4.85. The quantitative estimate of drug-likeness (QED) is 0.370. The Morgan fingerprint density at radius 2 is 2.21 bits per heavy atom. The summed E-state index contributed by atoms with van der Waals surface area (Å²) in [4.78, 5) is 11.0. The zero-order valence-electron chi connectivity index (χ0n) is 9.38. The lowest BCUT2D eigenvalue weighted by atomic mass is 10.1. The molecule has 0 saturated carbocycles. The second-order valence-electron chi connectivity index (χ2n) is 3.30. The van der Waals surface area contributed by atoms with Crippen LogP contribution in [0.2, 0.25) is 0 Å². The first-order valence-corrected chi connectivity index (χ1v) is 5.11. The number of hydrogen-bond acceptors (Lipinski definition) is 2. The van der Waals surface area contributed by atoms with Gasteiger partial charge in [0.15, 0.2) is 0 Å². The Hall–Kier alpha value is -1.05. The highest BCUT2D eigenvalue weighted by Crippen LogP contribution is 2.14. The average molecular weight is 196 g/mol. The summed E-state index contributed by atoms with van der Waals surface area (Å²) < 4.78 is 5.23. The van der Waals surface area contributed by atoms with Gasteiger partial charge in [-0.05, 0) is 32.3 Å². The van der Waals surface area contributed by atoms with Crippen LogP contribution in [-0.4, -0.2) is 12.1 Å². The van der Waals surface area contributed by atoms with Crippen LogP contribution in [0, 0.1) is 0 Å². The van der Waals surface area contributed by atoms with Gasteiger partial charge in [-0.3, -0.25) is 0 Å². The molecule has 0 aliphatic carbocycles. The van der Waals surface area contributed by atoms with Crippen molar-refractivity contribution < 1.29 is 9.53 Å². The van der Waals surface area contributed by atoms with Crippen molar-refractivity contribution in [2.45, 2.75) is 46.1 Å². The lowest BCUT2D eigenvalue weighted by Gasteiger charge is -2.17. The predicted molar refractivity (Wildman–Crippen MR) is 59.0 cm³/mol. The summed E-state index contributed by atoms with van der Waals surface area (Å²) in [6.45, 7) is 9.44. The summed E-state index contributed by atoms with van der Waals surface area (Å²) in [6.07, 6.45) is 6.19. The molecule has 0 aromatic rings. The summed E-state index contributed by atoms with van der Waals surface area (Å²) >= 11 is 0. The van der Waals surface area contributed by atoms with Crippen LogP contribution in [0.1, 0.15) is 40.0 Å². The zero-order chi connectivity index (χ0) is 11.0. The minimum Gasteiger partial charge on any atom is -0.455 e. The molecule has 0 spiro atoms. The van der Waals surface area contributed by atoms with Crippen LogP contribution in [0.4, 0.5) is 0 Å². The summed E-state index contributed by atoms with van der Waals surface area (Å²) in [5, 5.41) is 0. The minimum absolute atomic E-state index is 0.0783. The van der Waals surface area contributed by atoms with E-state index in [0.717, 1.165) is 24.8 Å². The van der Waals surface area contributed by atoms with E-state index in [1.54, 1.807) is 0 Å². The molecule has 0 bridgehead atoms. The van der Waals surface area contributed by atoms with E-state index in [1.165, 1.54) is 6.08 Å². The van der Waals surface area contributed by atoms with Crippen LogP contribution >= 0.6 is 0 Å². The molecule has 0 aromatic heterocycles. The topological polar surface area (TPSA) is 26.3 Å². The monoisotopic (exact) mass is 196 g/mol. The van der Waals surface area contributed by atoms with Gasteiger partial charge in [0.25, 0.3) is 0 Å². The van der Waals surface area contributed by atoms with Gasteiger partial charge in [-0.25, -0.2) is 4.79 Å². The fourth-order valence-corrected chi connectivity index (χ4v) is 1.14. The van der Waals surface area contributed by atoms with Crippen molar-refractivity contribution in [2.75, 3.05) is 0 Å². The Labute approximate surface area is 86.6 Å². The van der Waals surface area contributed by atoms with Crippen LogP contribution in [0.5, 0.6) is 0 Å². The summed E-state index contributed by atoms with van der Waals surface area (Å²) in [7, 11) is 0. The zero-order valence-corrected chi connectivity index (χ0v) is 9.38. The predicted octanol–water partition coefficient (Wildman–Crippen LogP) is 3.24. The molecule has 0 N–H and O–H groups in total. The molecule has 0 fully saturated rings. The van der Waals surface area contributed by atoms with Crippen LogP contribution in [-0.2, 0) is 9.53 Å².